The Hall–Kier alpha value is -1.60. The molecule has 5 nitrogen and oxygen atoms in total. The number of aromatic nitrogens is 2. The zero-order valence-electron chi connectivity index (χ0n) is 12.9. The molecular formula is C16H19N3O2S2. The van der Waals surface area contributed by atoms with Crippen molar-refractivity contribution < 1.29 is 9.53 Å². The number of thioether (sulfide) groups is 2. The minimum Gasteiger partial charge on any atom is -0.484 e. The first-order chi connectivity index (χ1) is 11.2. The Kier molecular flexibility index (Phi) is 5.51. The third-order valence-corrected chi connectivity index (χ3v) is 6.35. The zero-order chi connectivity index (χ0) is 16.1. The summed E-state index contributed by atoms with van der Waals surface area (Å²) in [6, 6.07) is 8.04. The Labute approximate surface area is 144 Å². The lowest BCUT2D eigenvalue weighted by Gasteiger charge is -2.21. The van der Waals surface area contributed by atoms with Crippen LogP contribution in [0.1, 0.15) is 16.6 Å². The van der Waals surface area contributed by atoms with Gasteiger partial charge in [0.1, 0.15) is 5.75 Å². The van der Waals surface area contributed by atoms with Crippen molar-refractivity contribution in [3.63, 3.8) is 0 Å². The van der Waals surface area contributed by atoms with Crippen LogP contribution >= 0.6 is 23.5 Å². The van der Waals surface area contributed by atoms with E-state index in [1.54, 1.807) is 24.1 Å². The molecule has 2 heterocycles. The van der Waals surface area contributed by atoms with Crippen molar-refractivity contribution in [2.75, 3.05) is 23.4 Å². The minimum atomic E-state index is -0.194. The van der Waals surface area contributed by atoms with Crippen LogP contribution in [0.2, 0.25) is 0 Å². The van der Waals surface area contributed by atoms with Crippen LogP contribution in [-0.2, 0) is 11.8 Å². The lowest BCUT2D eigenvalue weighted by Crippen LogP contribution is -2.19. The Bertz CT molecular complexity index is 652. The molecule has 0 radical (unpaired) electrons. The van der Waals surface area contributed by atoms with E-state index in [0.29, 0.717) is 16.0 Å². The van der Waals surface area contributed by atoms with E-state index in [4.69, 9.17) is 4.74 Å². The highest BCUT2D eigenvalue weighted by Crippen LogP contribution is 2.43. The fourth-order valence-corrected chi connectivity index (χ4v) is 5.13. The SMILES string of the molecule is Cn1cc(NC(=O)COc2ccc(C3SCCCS3)cc2)cn1. The molecule has 1 amide bonds. The number of hydrogen-bond acceptors (Lipinski definition) is 5. The molecule has 0 spiro atoms. The molecule has 1 aromatic carbocycles. The van der Waals surface area contributed by atoms with E-state index >= 15 is 0 Å². The molecule has 1 aliphatic heterocycles. The van der Waals surface area contributed by atoms with Gasteiger partial charge in [-0.2, -0.15) is 5.10 Å². The van der Waals surface area contributed by atoms with Gasteiger partial charge in [-0.1, -0.05) is 12.1 Å². The Morgan fingerprint density at radius 2 is 2.09 bits per heavy atom. The van der Waals surface area contributed by atoms with Crippen molar-refractivity contribution in [1.29, 1.82) is 0 Å². The lowest BCUT2D eigenvalue weighted by molar-refractivity contribution is -0.118. The van der Waals surface area contributed by atoms with Crippen LogP contribution in [0.5, 0.6) is 5.75 Å². The molecule has 0 saturated carbocycles. The van der Waals surface area contributed by atoms with Crippen molar-refractivity contribution in [3.05, 3.63) is 42.2 Å². The van der Waals surface area contributed by atoms with Crippen LogP contribution in [0.3, 0.4) is 0 Å². The number of aryl methyl sites for hydroxylation is 1. The van der Waals surface area contributed by atoms with Gasteiger partial charge in [0.2, 0.25) is 0 Å². The number of hydrogen-bond donors (Lipinski definition) is 1. The van der Waals surface area contributed by atoms with Gasteiger partial charge in [-0.05, 0) is 35.6 Å². The molecule has 2 aromatic rings. The highest BCUT2D eigenvalue weighted by atomic mass is 32.2. The fourth-order valence-electron chi connectivity index (χ4n) is 2.23. The summed E-state index contributed by atoms with van der Waals surface area (Å²) >= 11 is 3.99. The number of nitrogens with zero attached hydrogens (tertiary/aromatic N) is 2. The van der Waals surface area contributed by atoms with Crippen LogP contribution in [-0.4, -0.2) is 33.8 Å². The second kappa shape index (κ2) is 7.79. The topological polar surface area (TPSA) is 56.2 Å². The first-order valence-corrected chi connectivity index (χ1v) is 9.55. The first-order valence-electron chi connectivity index (χ1n) is 7.45. The summed E-state index contributed by atoms with van der Waals surface area (Å²) in [5.41, 5.74) is 1.98. The van der Waals surface area contributed by atoms with E-state index < -0.39 is 0 Å². The number of nitrogens with one attached hydrogen (secondary N) is 1. The number of benzene rings is 1. The largest absolute Gasteiger partial charge is 0.484 e. The molecule has 23 heavy (non-hydrogen) atoms. The van der Waals surface area contributed by atoms with Gasteiger partial charge in [0.15, 0.2) is 6.61 Å². The number of anilines is 1. The average molecular weight is 349 g/mol. The number of rotatable bonds is 5. The average Bonchev–Trinajstić information content (AvgIpc) is 2.99. The summed E-state index contributed by atoms with van der Waals surface area (Å²) in [6.45, 7) is -0.0127. The summed E-state index contributed by atoms with van der Waals surface area (Å²) in [6.07, 6.45) is 4.64. The standard InChI is InChI=1S/C16H19N3O2S2/c1-19-10-13(9-17-19)18-15(20)11-21-14-5-3-12(4-6-14)16-22-7-2-8-23-16/h3-6,9-10,16H,2,7-8,11H2,1H3,(H,18,20). The zero-order valence-corrected chi connectivity index (χ0v) is 14.5. The van der Waals surface area contributed by atoms with E-state index in [9.17, 15) is 4.79 Å². The summed E-state index contributed by atoms with van der Waals surface area (Å²) in [5.74, 6) is 2.97. The second-order valence-corrected chi connectivity index (χ2v) is 7.96. The van der Waals surface area contributed by atoms with Crippen molar-refractivity contribution in [2.24, 2.45) is 7.05 Å². The minimum absolute atomic E-state index is 0.0127. The molecule has 3 rings (SSSR count). The van der Waals surface area contributed by atoms with Crippen molar-refractivity contribution in [2.45, 2.75) is 11.0 Å². The number of ether oxygens (including phenoxy) is 1. The van der Waals surface area contributed by atoms with Gasteiger partial charge < -0.3 is 10.1 Å². The van der Waals surface area contributed by atoms with E-state index in [-0.39, 0.29) is 12.5 Å². The summed E-state index contributed by atoms with van der Waals surface area (Å²) < 4.78 is 7.69. The van der Waals surface area contributed by atoms with E-state index in [1.165, 1.54) is 23.5 Å². The van der Waals surface area contributed by atoms with E-state index in [1.807, 2.05) is 35.7 Å². The Morgan fingerprint density at radius 1 is 1.35 bits per heavy atom. The number of amides is 1. The predicted octanol–water partition coefficient (Wildman–Crippen LogP) is 3.31. The maximum Gasteiger partial charge on any atom is 0.262 e. The van der Waals surface area contributed by atoms with Gasteiger partial charge in [0.25, 0.3) is 5.91 Å². The molecule has 1 aliphatic rings. The van der Waals surface area contributed by atoms with Gasteiger partial charge >= 0.3 is 0 Å². The highest BCUT2D eigenvalue weighted by molar-refractivity contribution is 8.16. The smallest absolute Gasteiger partial charge is 0.262 e. The van der Waals surface area contributed by atoms with Crippen LogP contribution < -0.4 is 10.1 Å². The summed E-state index contributed by atoms with van der Waals surface area (Å²) in [5, 5.41) is 6.74. The van der Waals surface area contributed by atoms with Crippen molar-refractivity contribution in [1.82, 2.24) is 9.78 Å². The third-order valence-electron chi connectivity index (χ3n) is 3.34. The van der Waals surface area contributed by atoms with Crippen LogP contribution in [0.4, 0.5) is 5.69 Å². The monoisotopic (exact) mass is 349 g/mol. The second-order valence-electron chi connectivity index (χ2n) is 5.24. The van der Waals surface area contributed by atoms with E-state index in [2.05, 4.69) is 22.5 Å². The van der Waals surface area contributed by atoms with Crippen LogP contribution in [0, 0.1) is 0 Å². The molecule has 7 heteroatoms. The van der Waals surface area contributed by atoms with Gasteiger partial charge in [-0.25, -0.2) is 0 Å². The van der Waals surface area contributed by atoms with Gasteiger partial charge in [-0.3, -0.25) is 9.48 Å². The molecule has 0 aliphatic carbocycles. The maximum atomic E-state index is 11.8. The molecule has 0 atom stereocenters. The van der Waals surface area contributed by atoms with Gasteiger partial charge in [0.05, 0.1) is 16.5 Å². The quantitative estimate of drug-likeness (QED) is 0.897. The van der Waals surface area contributed by atoms with Crippen molar-refractivity contribution in [3.8, 4) is 5.75 Å². The predicted molar refractivity (Wildman–Crippen MR) is 96.0 cm³/mol. The fraction of sp³-hybridized carbons (Fsp3) is 0.375. The normalized spacial score (nSPS) is 15.3. The molecule has 1 fully saturated rings. The maximum absolute atomic E-state index is 11.8. The molecule has 0 unspecified atom stereocenters. The van der Waals surface area contributed by atoms with Gasteiger partial charge in [0, 0.05) is 13.2 Å². The Morgan fingerprint density at radius 3 is 2.74 bits per heavy atom. The molecular weight excluding hydrogens is 330 g/mol. The number of carbonyl (C=O) groups is 1. The molecule has 1 saturated heterocycles. The van der Waals surface area contributed by atoms with Crippen molar-refractivity contribution >= 4 is 35.1 Å². The van der Waals surface area contributed by atoms with E-state index in [0.717, 1.165) is 0 Å². The summed E-state index contributed by atoms with van der Waals surface area (Å²) in [4.78, 5) is 11.8. The summed E-state index contributed by atoms with van der Waals surface area (Å²) in [7, 11) is 1.80. The first kappa shape index (κ1) is 16.3. The third kappa shape index (κ3) is 4.68. The molecule has 0 bridgehead atoms. The Balaban J connectivity index is 1.49. The van der Waals surface area contributed by atoms with Gasteiger partial charge in [-0.15, -0.1) is 23.5 Å². The lowest BCUT2D eigenvalue weighted by atomic mass is 10.2. The molecule has 1 N–H and O–H groups in total. The highest BCUT2D eigenvalue weighted by Gasteiger charge is 2.16. The number of carbonyl (C=O) groups excluding carboxylic acids is 1. The molecule has 122 valence electrons. The van der Waals surface area contributed by atoms with Crippen LogP contribution in [0.25, 0.3) is 0 Å². The van der Waals surface area contributed by atoms with Crippen LogP contribution in [0.15, 0.2) is 36.7 Å². The molecule has 1 aromatic heterocycles.